The number of nitrogens with zero attached hydrogens (tertiary/aromatic N) is 5. The molecule has 2 aromatic heterocycles. The molecule has 0 atom stereocenters. The molecule has 2 aromatic rings. The van der Waals surface area contributed by atoms with Crippen LogP contribution in [0.25, 0.3) is 5.78 Å². The van der Waals surface area contributed by atoms with E-state index in [0.29, 0.717) is 18.8 Å². The SMILES string of the molecule is COCc1cc(N(CCCO)CC(C)(C)C)n2ncnc2n1. The number of hydrogen-bond acceptors (Lipinski definition) is 6. The van der Waals surface area contributed by atoms with Crippen LogP contribution in [0, 0.1) is 5.41 Å². The molecule has 0 bridgehead atoms. The summed E-state index contributed by atoms with van der Waals surface area (Å²) in [5, 5.41) is 13.5. The van der Waals surface area contributed by atoms with Gasteiger partial charge in [-0.15, -0.1) is 0 Å². The molecule has 0 amide bonds. The van der Waals surface area contributed by atoms with E-state index in [0.717, 1.165) is 24.6 Å². The summed E-state index contributed by atoms with van der Waals surface area (Å²) >= 11 is 0. The minimum atomic E-state index is 0.118. The van der Waals surface area contributed by atoms with Crippen molar-refractivity contribution < 1.29 is 9.84 Å². The van der Waals surface area contributed by atoms with Crippen LogP contribution in [-0.2, 0) is 11.3 Å². The molecule has 7 nitrogen and oxygen atoms in total. The fourth-order valence-electron chi connectivity index (χ4n) is 2.40. The molecule has 122 valence electrons. The first-order chi connectivity index (χ1) is 10.4. The van der Waals surface area contributed by atoms with E-state index in [9.17, 15) is 5.11 Å². The predicted molar refractivity (Wildman–Crippen MR) is 84.9 cm³/mol. The number of aliphatic hydroxyl groups is 1. The van der Waals surface area contributed by atoms with Crippen LogP contribution in [0.4, 0.5) is 5.82 Å². The smallest absolute Gasteiger partial charge is 0.254 e. The minimum absolute atomic E-state index is 0.118. The predicted octanol–water partition coefficient (Wildman–Crippen LogP) is 1.51. The highest BCUT2D eigenvalue weighted by atomic mass is 16.5. The molecular weight excluding hydrogens is 282 g/mol. The molecule has 0 saturated heterocycles. The molecule has 1 N–H and O–H groups in total. The Morgan fingerprint density at radius 1 is 1.36 bits per heavy atom. The molecule has 22 heavy (non-hydrogen) atoms. The molecule has 0 aliphatic rings. The van der Waals surface area contributed by atoms with Crippen LogP contribution in [0.15, 0.2) is 12.4 Å². The van der Waals surface area contributed by atoms with Gasteiger partial charge in [0.15, 0.2) is 0 Å². The highest BCUT2D eigenvalue weighted by molar-refractivity contribution is 5.47. The number of methoxy groups -OCH3 is 1. The van der Waals surface area contributed by atoms with Crippen molar-refractivity contribution in [3.8, 4) is 0 Å². The van der Waals surface area contributed by atoms with Crippen molar-refractivity contribution in [1.29, 1.82) is 0 Å². The first kappa shape index (κ1) is 16.6. The maximum absolute atomic E-state index is 9.18. The molecule has 0 aliphatic heterocycles. The molecule has 2 rings (SSSR count). The van der Waals surface area contributed by atoms with Gasteiger partial charge < -0.3 is 14.7 Å². The van der Waals surface area contributed by atoms with Gasteiger partial charge in [0.2, 0.25) is 0 Å². The molecule has 0 radical (unpaired) electrons. The van der Waals surface area contributed by atoms with Gasteiger partial charge in [0, 0.05) is 32.9 Å². The summed E-state index contributed by atoms with van der Waals surface area (Å²) in [7, 11) is 1.65. The summed E-state index contributed by atoms with van der Waals surface area (Å²) in [6.07, 6.45) is 2.21. The molecular formula is C15H25N5O2. The molecule has 7 heteroatoms. The maximum Gasteiger partial charge on any atom is 0.254 e. The maximum atomic E-state index is 9.18. The van der Waals surface area contributed by atoms with Crippen LogP contribution in [-0.4, -0.2) is 51.5 Å². The number of fused-ring (bicyclic) bond motifs is 1. The first-order valence-corrected chi connectivity index (χ1v) is 7.49. The van der Waals surface area contributed by atoms with Gasteiger partial charge in [-0.3, -0.25) is 0 Å². The summed E-state index contributed by atoms with van der Waals surface area (Å²) in [5.41, 5.74) is 0.938. The summed E-state index contributed by atoms with van der Waals surface area (Å²) < 4.78 is 6.93. The van der Waals surface area contributed by atoms with Crippen LogP contribution in [0.1, 0.15) is 32.9 Å². The Balaban J connectivity index is 2.43. The Kier molecular flexibility index (Phi) is 5.31. The van der Waals surface area contributed by atoms with Crippen LogP contribution in [0.5, 0.6) is 0 Å². The number of aromatic nitrogens is 4. The fourth-order valence-corrected chi connectivity index (χ4v) is 2.40. The van der Waals surface area contributed by atoms with Crippen molar-refractivity contribution in [2.75, 3.05) is 31.7 Å². The summed E-state index contributed by atoms with van der Waals surface area (Å²) in [6, 6.07) is 1.98. The Labute approximate surface area is 130 Å². The molecule has 0 saturated carbocycles. The van der Waals surface area contributed by atoms with E-state index in [1.807, 2.05) is 6.07 Å². The van der Waals surface area contributed by atoms with E-state index in [2.05, 4.69) is 40.7 Å². The van der Waals surface area contributed by atoms with E-state index in [1.165, 1.54) is 6.33 Å². The number of rotatable bonds is 7. The lowest BCUT2D eigenvalue weighted by Crippen LogP contribution is -2.35. The third kappa shape index (κ3) is 4.14. The highest BCUT2D eigenvalue weighted by Gasteiger charge is 2.20. The molecule has 0 fully saturated rings. The zero-order valence-electron chi connectivity index (χ0n) is 13.8. The highest BCUT2D eigenvalue weighted by Crippen LogP contribution is 2.23. The second-order valence-corrected chi connectivity index (χ2v) is 6.57. The Hall–Kier alpha value is -1.73. The zero-order valence-corrected chi connectivity index (χ0v) is 13.8. The Morgan fingerprint density at radius 3 is 2.77 bits per heavy atom. The van der Waals surface area contributed by atoms with Gasteiger partial charge in [0.1, 0.15) is 12.1 Å². The second-order valence-electron chi connectivity index (χ2n) is 6.57. The van der Waals surface area contributed by atoms with Gasteiger partial charge in [0.25, 0.3) is 5.78 Å². The standard InChI is InChI=1S/C15H25N5O2/c1-15(2,3)10-19(6-5-7-21)13-8-12(9-22-4)18-14-16-11-17-20(13)14/h8,11,21H,5-7,9-10H2,1-4H3. The minimum Gasteiger partial charge on any atom is -0.396 e. The second kappa shape index (κ2) is 7.02. The largest absolute Gasteiger partial charge is 0.396 e. The van der Waals surface area contributed by atoms with Gasteiger partial charge in [-0.05, 0) is 11.8 Å². The quantitative estimate of drug-likeness (QED) is 0.835. The Bertz CT molecular complexity index is 605. The summed E-state index contributed by atoms with van der Waals surface area (Å²) in [6.45, 7) is 8.76. The fraction of sp³-hybridized carbons (Fsp3) is 0.667. The van der Waals surface area contributed by atoms with Gasteiger partial charge in [-0.25, -0.2) is 4.98 Å². The lowest BCUT2D eigenvalue weighted by Gasteiger charge is -2.31. The van der Waals surface area contributed by atoms with E-state index in [4.69, 9.17) is 4.74 Å². The zero-order chi connectivity index (χ0) is 16.2. The van der Waals surface area contributed by atoms with Crippen molar-refractivity contribution >= 4 is 11.6 Å². The van der Waals surface area contributed by atoms with E-state index >= 15 is 0 Å². The van der Waals surface area contributed by atoms with Crippen molar-refractivity contribution in [2.45, 2.75) is 33.8 Å². The first-order valence-electron chi connectivity index (χ1n) is 7.49. The lowest BCUT2D eigenvalue weighted by molar-refractivity contribution is 0.181. The van der Waals surface area contributed by atoms with Gasteiger partial charge in [-0.2, -0.15) is 14.6 Å². The number of anilines is 1. The van der Waals surface area contributed by atoms with Gasteiger partial charge in [0.05, 0.1) is 12.3 Å². The van der Waals surface area contributed by atoms with Crippen LogP contribution >= 0.6 is 0 Å². The van der Waals surface area contributed by atoms with Crippen LogP contribution in [0.3, 0.4) is 0 Å². The van der Waals surface area contributed by atoms with Crippen molar-refractivity contribution in [3.05, 3.63) is 18.1 Å². The molecule has 0 aliphatic carbocycles. The third-order valence-electron chi connectivity index (χ3n) is 3.15. The molecule has 2 heterocycles. The van der Waals surface area contributed by atoms with Gasteiger partial charge in [-0.1, -0.05) is 20.8 Å². The normalized spacial score (nSPS) is 12.0. The van der Waals surface area contributed by atoms with Crippen LogP contribution < -0.4 is 4.90 Å². The molecule has 0 aromatic carbocycles. The average Bonchev–Trinajstić information content (AvgIpc) is 2.90. The van der Waals surface area contributed by atoms with Crippen molar-refractivity contribution in [1.82, 2.24) is 19.6 Å². The van der Waals surface area contributed by atoms with Crippen molar-refractivity contribution in [3.63, 3.8) is 0 Å². The topological polar surface area (TPSA) is 75.8 Å². The number of hydrogen-bond donors (Lipinski definition) is 1. The Morgan fingerprint density at radius 2 is 2.14 bits per heavy atom. The number of ether oxygens (including phenoxy) is 1. The van der Waals surface area contributed by atoms with E-state index < -0.39 is 0 Å². The number of aliphatic hydroxyl groups excluding tert-OH is 1. The summed E-state index contributed by atoms with van der Waals surface area (Å²) in [5.74, 6) is 1.49. The molecule has 0 unspecified atom stereocenters. The monoisotopic (exact) mass is 307 g/mol. The van der Waals surface area contributed by atoms with Crippen LogP contribution in [0.2, 0.25) is 0 Å². The van der Waals surface area contributed by atoms with Gasteiger partial charge >= 0.3 is 0 Å². The summed E-state index contributed by atoms with van der Waals surface area (Å²) in [4.78, 5) is 10.8. The van der Waals surface area contributed by atoms with E-state index in [1.54, 1.807) is 11.6 Å². The van der Waals surface area contributed by atoms with Crippen molar-refractivity contribution in [2.24, 2.45) is 5.41 Å². The lowest BCUT2D eigenvalue weighted by atomic mass is 9.96. The average molecular weight is 307 g/mol. The van der Waals surface area contributed by atoms with E-state index in [-0.39, 0.29) is 12.0 Å². The third-order valence-corrected chi connectivity index (χ3v) is 3.15. The molecule has 0 spiro atoms.